The van der Waals surface area contributed by atoms with Crippen LogP contribution in [0.5, 0.6) is 0 Å². The van der Waals surface area contributed by atoms with Crippen LogP contribution >= 0.6 is 0 Å². The van der Waals surface area contributed by atoms with Crippen molar-refractivity contribution in [3.63, 3.8) is 0 Å². The van der Waals surface area contributed by atoms with Gasteiger partial charge in [0.05, 0.1) is 13.2 Å². The van der Waals surface area contributed by atoms with Crippen molar-refractivity contribution in [2.45, 2.75) is 40.7 Å². The number of morpholine rings is 1. The molecular weight excluding hydrogens is 178 g/mol. The summed E-state index contributed by atoms with van der Waals surface area (Å²) < 4.78 is 5.16. The summed E-state index contributed by atoms with van der Waals surface area (Å²) in [4.78, 5) is 2.39. The molecular formula is C11H27NO2. The van der Waals surface area contributed by atoms with Gasteiger partial charge in [-0.1, -0.05) is 20.8 Å². The van der Waals surface area contributed by atoms with Gasteiger partial charge < -0.3 is 9.84 Å². The highest BCUT2D eigenvalue weighted by molar-refractivity contribution is 4.57. The highest BCUT2D eigenvalue weighted by Gasteiger charge is 2.05. The lowest BCUT2D eigenvalue weighted by Crippen LogP contribution is -2.35. The van der Waals surface area contributed by atoms with Gasteiger partial charge in [0.15, 0.2) is 0 Å². The first-order valence-corrected chi connectivity index (χ1v) is 5.65. The Morgan fingerprint density at radius 2 is 1.57 bits per heavy atom. The Hall–Kier alpha value is -0.120. The molecule has 3 nitrogen and oxygen atoms in total. The molecule has 1 N–H and O–H groups in total. The van der Waals surface area contributed by atoms with Crippen molar-refractivity contribution in [1.82, 2.24) is 4.90 Å². The summed E-state index contributed by atoms with van der Waals surface area (Å²) in [6, 6.07) is 0. The minimum absolute atomic E-state index is 0.167. The van der Waals surface area contributed by atoms with E-state index in [0.717, 1.165) is 26.3 Å². The molecule has 0 aromatic heterocycles. The maximum atomic E-state index is 8.06. The molecule has 0 spiro atoms. The molecule has 0 aliphatic carbocycles. The van der Waals surface area contributed by atoms with Crippen molar-refractivity contribution in [1.29, 1.82) is 0 Å². The zero-order chi connectivity index (χ0) is 11.4. The van der Waals surface area contributed by atoms with Crippen molar-refractivity contribution in [3.8, 4) is 0 Å². The second kappa shape index (κ2) is 12.9. The molecule has 1 aliphatic heterocycles. The summed E-state index contributed by atoms with van der Waals surface area (Å²) in [6.45, 7) is 14.9. The van der Waals surface area contributed by atoms with E-state index in [2.05, 4.69) is 11.8 Å². The van der Waals surface area contributed by atoms with Gasteiger partial charge in [0.25, 0.3) is 0 Å². The lowest BCUT2D eigenvalue weighted by atomic mass is 10.4. The zero-order valence-corrected chi connectivity index (χ0v) is 10.4. The number of hydrogen-bond donors (Lipinski definition) is 1. The van der Waals surface area contributed by atoms with Crippen molar-refractivity contribution in [2.24, 2.45) is 0 Å². The molecule has 88 valence electrons. The molecule has 1 rings (SSSR count). The Balaban J connectivity index is 0. The van der Waals surface area contributed by atoms with Crippen LogP contribution in [0.2, 0.25) is 0 Å². The van der Waals surface area contributed by atoms with Crippen LogP contribution in [0.25, 0.3) is 0 Å². The van der Waals surface area contributed by atoms with Gasteiger partial charge in [-0.25, -0.2) is 0 Å². The SMILES string of the molecule is CC.CC(C)O.CCN1CCOCC1. The molecule has 1 aliphatic rings. The molecule has 0 aromatic rings. The third-order valence-electron chi connectivity index (χ3n) is 1.55. The number of aliphatic hydroxyl groups is 1. The van der Waals surface area contributed by atoms with E-state index in [-0.39, 0.29) is 6.10 Å². The maximum Gasteiger partial charge on any atom is 0.0594 e. The minimum atomic E-state index is -0.167. The highest BCUT2D eigenvalue weighted by Crippen LogP contribution is 1.93. The van der Waals surface area contributed by atoms with E-state index in [9.17, 15) is 0 Å². The fourth-order valence-electron chi connectivity index (χ4n) is 0.917. The Kier molecular flexibility index (Phi) is 15.0. The van der Waals surface area contributed by atoms with Crippen LogP contribution in [0.1, 0.15) is 34.6 Å². The Bertz CT molecular complexity index is 88.5. The largest absolute Gasteiger partial charge is 0.394 e. The number of ether oxygens (including phenoxy) is 1. The lowest BCUT2D eigenvalue weighted by molar-refractivity contribution is 0.0405. The predicted octanol–water partition coefficient (Wildman–Crippen LogP) is 1.75. The first-order valence-electron chi connectivity index (χ1n) is 5.65. The Labute approximate surface area is 89.1 Å². The molecule has 0 unspecified atom stereocenters. The van der Waals surface area contributed by atoms with Gasteiger partial charge in [0, 0.05) is 19.2 Å². The predicted molar refractivity (Wildman–Crippen MR) is 61.6 cm³/mol. The number of likely N-dealkylation sites (N-methyl/N-ethyl adjacent to an activating group) is 1. The molecule has 1 heterocycles. The fourth-order valence-corrected chi connectivity index (χ4v) is 0.917. The normalized spacial score (nSPS) is 16.5. The van der Waals surface area contributed by atoms with Crippen LogP contribution in [-0.2, 0) is 4.74 Å². The van der Waals surface area contributed by atoms with Crippen LogP contribution < -0.4 is 0 Å². The number of aliphatic hydroxyl groups excluding tert-OH is 1. The summed E-state index contributed by atoms with van der Waals surface area (Å²) in [6.07, 6.45) is -0.167. The summed E-state index contributed by atoms with van der Waals surface area (Å²) in [5, 5.41) is 8.06. The molecule has 0 atom stereocenters. The smallest absolute Gasteiger partial charge is 0.0594 e. The average molecular weight is 205 g/mol. The third kappa shape index (κ3) is 14.4. The van der Waals surface area contributed by atoms with Crippen LogP contribution in [0.15, 0.2) is 0 Å². The van der Waals surface area contributed by atoms with Gasteiger partial charge >= 0.3 is 0 Å². The van der Waals surface area contributed by atoms with Gasteiger partial charge in [0.2, 0.25) is 0 Å². The van der Waals surface area contributed by atoms with Gasteiger partial charge in [0.1, 0.15) is 0 Å². The number of hydrogen-bond acceptors (Lipinski definition) is 3. The zero-order valence-electron chi connectivity index (χ0n) is 10.4. The van der Waals surface area contributed by atoms with Crippen molar-refractivity contribution in [3.05, 3.63) is 0 Å². The first-order chi connectivity index (χ1) is 6.66. The third-order valence-corrected chi connectivity index (χ3v) is 1.55. The van der Waals surface area contributed by atoms with Gasteiger partial charge in [-0.3, -0.25) is 4.90 Å². The van der Waals surface area contributed by atoms with Crippen LogP contribution in [0.4, 0.5) is 0 Å². The standard InChI is InChI=1S/C6H13NO.C3H8O.C2H6/c1-2-7-3-5-8-6-4-7;1-3(2)4;1-2/h2-6H2,1H3;3-4H,1-2H3;1-2H3. The van der Waals surface area contributed by atoms with Crippen LogP contribution in [0.3, 0.4) is 0 Å². The van der Waals surface area contributed by atoms with Gasteiger partial charge in [-0.15, -0.1) is 0 Å². The highest BCUT2D eigenvalue weighted by atomic mass is 16.5. The summed E-state index contributed by atoms with van der Waals surface area (Å²) >= 11 is 0. The Morgan fingerprint density at radius 3 is 1.79 bits per heavy atom. The number of rotatable bonds is 1. The molecule has 0 amide bonds. The molecule has 0 radical (unpaired) electrons. The van der Waals surface area contributed by atoms with E-state index < -0.39 is 0 Å². The van der Waals surface area contributed by atoms with Crippen LogP contribution in [-0.4, -0.2) is 49.0 Å². The summed E-state index contributed by atoms with van der Waals surface area (Å²) in [5.74, 6) is 0. The summed E-state index contributed by atoms with van der Waals surface area (Å²) in [5.41, 5.74) is 0. The lowest BCUT2D eigenvalue weighted by Gasteiger charge is -2.24. The van der Waals surface area contributed by atoms with E-state index >= 15 is 0 Å². The maximum absolute atomic E-state index is 8.06. The molecule has 1 fully saturated rings. The van der Waals surface area contributed by atoms with E-state index in [1.54, 1.807) is 13.8 Å². The number of nitrogens with zero attached hydrogens (tertiary/aromatic N) is 1. The topological polar surface area (TPSA) is 32.7 Å². The second-order valence-corrected chi connectivity index (χ2v) is 3.14. The quantitative estimate of drug-likeness (QED) is 0.708. The first kappa shape index (κ1) is 16.3. The molecule has 0 saturated carbocycles. The Morgan fingerprint density at radius 1 is 1.21 bits per heavy atom. The van der Waals surface area contributed by atoms with E-state index in [4.69, 9.17) is 9.84 Å². The second-order valence-electron chi connectivity index (χ2n) is 3.14. The summed E-state index contributed by atoms with van der Waals surface area (Å²) in [7, 11) is 0. The monoisotopic (exact) mass is 205 g/mol. The molecule has 1 saturated heterocycles. The average Bonchev–Trinajstić information content (AvgIpc) is 2.21. The molecule has 0 bridgehead atoms. The minimum Gasteiger partial charge on any atom is -0.394 e. The van der Waals surface area contributed by atoms with Crippen LogP contribution in [0, 0.1) is 0 Å². The van der Waals surface area contributed by atoms with Crippen molar-refractivity contribution < 1.29 is 9.84 Å². The molecule has 3 heteroatoms. The van der Waals surface area contributed by atoms with Gasteiger partial charge in [-0.2, -0.15) is 0 Å². The van der Waals surface area contributed by atoms with Gasteiger partial charge in [-0.05, 0) is 20.4 Å². The molecule has 14 heavy (non-hydrogen) atoms. The van der Waals surface area contributed by atoms with E-state index in [1.165, 1.54) is 6.54 Å². The van der Waals surface area contributed by atoms with E-state index in [0.29, 0.717) is 0 Å². The van der Waals surface area contributed by atoms with E-state index in [1.807, 2.05) is 13.8 Å². The fraction of sp³-hybridized carbons (Fsp3) is 1.00. The molecule has 0 aromatic carbocycles. The van der Waals surface area contributed by atoms with Crippen molar-refractivity contribution in [2.75, 3.05) is 32.8 Å². The van der Waals surface area contributed by atoms with Crippen molar-refractivity contribution >= 4 is 0 Å².